The zero-order chi connectivity index (χ0) is 14.0. The van der Waals surface area contributed by atoms with Crippen molar-refractivity contribution in [1.29, 1.82) is 0 Å². The lowest BCUT2D eigenvalue weighted by Gasteiger charge is -2.08. The number of anilines is 1. The maximum absolute atomic E-state index is 12.0. The molecule has 4 nitrogen and oxygen atoms in total. The number of carboxylic acids is 1. The van der Waals surface area contributed by atoms with Gasteiger partial charge < -0.3 is 10.4 Å². The molecular formula is C12H7BrClNO3S. The first-order valence-electron chi connectivity index (χ1n) is 5.06. The van der Waals surface area contributed by atoms with Crippen molar-refractivity contribution < 1.29 is 14.7 Å². The Balaban J connectivity index is 2.32. The molecule has 0 fully saturated rings. The second-order valence-corrected chi connectivity index (χ2v) is 5.79. The van der Waals surface area contributed by atoms with Gasteiger partial charge in [0, 0.05) is 4.47 Å². The van der Waals surface area contributed by atoms with Gasteiger partial charge in [0.2, 0.25) is 0 Å². The summed E-state index contributed by atoms with van der Waals surface area (Å²) in [6.45, 7) is 0. The van der Waals surface area contributed by atoms with E-state index >= 15 is 0 Å². The molecule has 0 saturated heterocycles. The summed E-state index contributed by atoms with van der Waals surface area (Å²) in [6.07, 6.45) is 0. The largest absolute Gasteiger partial charge is 0.478 e. The molecule has 19 heavy (non-hydrogen) atoms. The van der Waals surface area contributed by atoms with Crippen LogP contribution in [0.5, 0.6) is 0 Å². The molecule has 0 aliphatic rings. The molecule has 0 spiro atoms. The van der Waals surface area contributed by atoms with E-state index in [1.807, 2.05) is 0 Å². The number of halogens is 2. The first kappa shape index (κ1) is 14.0. The average Bonchev–Trinajstić information content (AvgIpc) is 2.77. The third-order valence-electron chi connectivity index (χ3n) is 2.28. The normalized spacial score (nSPS) is 10.2. The molecule has 1 heterocycles. The van der Waals surface area contributed by atoms with E-state index in [4.69, 9.17) is 16.7 Å². The lowest BCUT2D eigenvalue weighted by atomic mass is 10.2. The van der Waals surface area contributed by atoms with Crippen LogP contribution in [0.3, 0.4) is 0 Å². The number of nitrogens with one attached hydrogen (secondary N) is 1. The monoisotopic (exact) mass is 359 g/mol. The third-order valence-corrected chi connectivity index (χ3v) is 4.12. The molecule has 1 aromatic heterocycles. The summed E-state index contributed by atoms with van der Waals surface area (Å²) in [7, 11) is 0. The summed E-state index contributed by atoms with van der Waals surface area (Å²) in [4.78, 5) is 23.4. The van der Waals surface area contributed by atoms with Gasteiger partial charge in [-0.1, -0.05) is 27.5 Å². The molecule has 0 atom stereocenters. The van der Waals surface area contributed by atoms with Gasteiger partial charge in [-0.15, -0.1) is 11.3 Å². The molecule has 2 rings (SSSR count). The molecule has 1 aromatic carbocycles. The van der Waals surface area contributed by atoms with E-state index in [-0.39, 0.29) is 11.3 Å². The zero-order valence-electron chi connectivity index (χ0n) is 9.31. The highest BCUT2D eigenvalue weighted by Gasteiger charge is 2.16. The maximum atomic E-state index is 12.0. The fraction of sp³-hybridized carbons (Fsp3) is 0. The van der Waals surface area contributed by atoms with Gasteiger partial charge in [0.1, 0.15) is 4.88 Å². The van der Waals surface area contributed by atoms with Crippen LogP contribution in [0.2, 0.25) is 5.02 Å². The minimum Gasteiger partial charge on any atom is -0.478 e. The van der Waals surface area contributed by atoms with E-state index in [0.717, 1.165) is 0 Å². The van der Waals surface area contributed by atoms with E-state index in [9.17, 15) is 9.59 Å². The van der Waals surface area contributed by atoms with Gasteiger partial charge in [-0.2, -0.15) is 0 Å². The number of carbonyl (C=O) groups is 2. The predicted octanol–water partition coefficient (Wildman–Crippen LogP) is 4.11. The number of thiophene rings is 1. The first-order chi connectivity index (χ1) is 8.99. The molecule has 0 radical (unpaired) electrons. The first-order valence-corrected chi connectivity index (χ1v) is 7.11. The smallest absolute Gasteiger partial charge is 0.337 e. The van der Waals surface area contributed by atoms with Crippen molar-refractivity contribution in [2.75, 3.05) is 5.32 Å². The van der Waals surface area contributed by atoms with Crippen LogP contribution in [0, 0.1) is 0 Å². The number of aromatic carboxylic acids is 1. The van der Waals surface area contributed by atoms with Crippen molar-refractivity contribution >= 4 is 56.4 Å². The van der Waals surface area contributed by atoms with E-state index in [1.165, 1.54) is 23.5 Å². The van der Waals surface area contributed by atoms with E-state index in [2.05, 4.69) is 21.2 Å². The summed E-state index contributed by atoms with van der Waals surface area (Å²) in [5.74, 6) is -1.54. The van der Waals surface area contributed by atoms with Gasteiger partial charge in [-0.05, 0) is 29.6 Å². The zero-order valence-corrected chi connectivity index (χ0v) is 12.5. The molecular weight excluding hydrogens is 354 g/mol. The number of carboxylic acid groups (broad SMARTS) is 1. The Hall–Kier alpha value is -1.37. The number of hydrogen-bond donors (Lipinski definition) is 2. The molecule has 1 amide bonds. The summed E-state index contributed by atoms with van der Waals surface area (Å²) in [5, 5.41) is 13.7. The van der Waals surface area contributed by atoms with E-state index in [0.29, 0.717) is 14.4 Å². The Bertz CT molecular complexity index is 656. The molecule has 98 valence electrons. The Morgan fingerprint density at radius 3 is 2.63 bits per heavy atom. The fourth-order valence-electron chi connectivity index (χ4n) is 1.44. The molecule has 0 unspecified atom stereocenters. The Kier molecular flexibility index (Phi) is 4.24. The Morgan fingerprint density at radius 1 is 1.32 bits per heavy atom. The van der Waals surface area contributed by atoms with Gasteiger partial charge in [-0.3, -0.25) is 4.79 Å². The van der Waals surface area contributed by atoms with Gasteiger partial charge in [0.15, 0.2) is 0 Å². The SMILES string of the molecule is O=C(O)c1cc(Br)ccc1NC(=O)c1sccc1Cl. The topological polar surface area (TPSA) is 66.4 Å². The van der Waals surface area contributed by atoms with Crippen molar-refractivity contribution in [2.24, 2.45) is 0 Å². The lowest BCUT2D eigenvalue weighted by molar-refractivity contribution is 0.0698. The summed E-state index contributed by atoms with van der Waals surface area (Å²) in [6, 6.07) is 6.21. The second kappa shape index (κ2) is 5.73. The van der Waals surface area contributed by atoms with Gasteiger partial charge in [0.05, 0.1) is 16.3 Å². The average molecular weight is 361 g/mol. The van der Waals surface area contributed by atoms with Crippen LogP contribution >= 0.6 is 38.9 Å². The molecule has 0 aliphatic heterocycles. The fourth-order valence-corrected chi connectivity index (χ4v) is 2.83. The Labute approximate surface area is 126 Å². The van der Waals surface area contributed by atoms with Crippen LogP contribution in [0.4, 0.5) is 5.69 Å². The molecule has 0 saturated carbocycles. The lowest BCUT2D eigenvalue weighted by Crippen LogP contribution is -2.14. The molecule has 2 N–H and O–H groups in total. The van der Waals surface area contributed by atoms with E-state index < -0.39 is 11.9 Å². The maximum Gasteiger partial charge on any atom is 0.337 e. The van der Waals surface area contributed by atoms with Crippen molar-refractivity contribution in [3.8, 4) is 0 Å². The number of rotatable bonds is 3. The minimum atomic E-state index is -1.12. The quantitative estimate of drug-likeness (QED) is 0.865. The van der Waals surface area contributed by atoms with E-state index in [1.54, 1.807) is 17.5 Å². The van der Waals surface area contributed by atoms with Gasteiger partial charge in [0.25, 0.3) is 5.91 Å². The highest BCUT2D eigenvalue weighted by atomic mass is 79.9. The highest BCUT2D eigenvalue weighted by molar-refractivity contribution is 9.10. The molecule has 0 aliphatic carbocycles. The number of carbonyl (C=O) groups excluding carboxylic acids is 1. The van der Waals surface area contributed by atoms with Crippen molar-refractivity contribution in [2.45, 2.75) is 0 Å². The minimum absolute atomic E-state index is 0.00963. The van der Waals surface area contributed by atoms with Gasteiger partial charge >= 0.3 is 5.97 Å². The summed E-state index contributed by atoms with van der Waals surface area (Å²) >= 11 is 10.2. The number of amides is 1. The summed E-state index contributed by atoms with van der Waals surface area (Å²) in [5.41, 5.74) is 0.237. The number of benzene rings is 1. The third kappa shape index (κ3) is 3.15. The van der Waals surface area contributed by atoms with Crippen LogP contribution in [-0.2, 0) is 0 Å². The van der Waals surface area contributed by atoms with Crippen molar-refractivity contribution in [1.82, 2.24) is 0 Å². The van der Waals surface area contributed by atoms with Crippen LogP contribution in [0.15, 0.2) is 34.1 Å². The molecule has 7 heteroatoms. The van der Waals surface area contributed by atoms with Crippen LogP contribution < -0.4 is 5.32 Å². The number of hydrogen-bond acceptors (Lipinski definition) is 3. The molecule has 0 bridgehead atoms. The Morgan fingerprint density at radius 2 is 2.05 bits per heavy atom. The van der Waals surface area contributed by atoms with Crippen LogP contribution in [0.1, 0.15) is 20.0 Å². The van der Waals surface area contributed by atoms with Crippen LogP contribution in [-0.4, -0.2) is 17.0 Å². The van der Waals surface area contributed by atoms with Crippen molar-refractivity contribution in [3.05, 3.63) is 49.6 Å². The predicted molar refractivity (Wildman–Crippen MR) is 78.4 cm³/mol. The van der Waals surface area contributed by atoms with Gasteiger partial charge in [-0.25, -0.2) is 4.79 Å². The molecule has 2 aromatic rings. The van der Waals surface area contributed by atoms with Crippen LogP contribution in [0.25, 0.3) is 0 Å². The summed E-state index contributed by atoms with van der Waals surface area (Å²) < 4.78 is 0.622. The highest BCUT2D eigenvalue weighted by Crippen LogP contribution is 2.25. The second-order valence-electron chi connectivity index (χ2n) is 3.55. The standard InChI is InChI=1S/C12H7BrClNO3S/c13-6-1-2-9(7(5-6)12(17)18)15-11(16)10-8(14)3-4-19-10/h1-5H,(H,15,16)(H,17,18). The van der Waals surface area contributed by atoms with Crippen molar-refractivity contribution in [3.63, 3.8) is 0 Å².